The van der Waals surface area contributed by atoms with E-state index in [0.29, 0.717) is 3.97 Å². The number of ether oxygens (including phenoxy) is 1. The van der Waals surface area contributed by atoms with Gasteiger partial charge in [-0.2, -0.15) is 4.31 Å². The topological polar surface area (TPSA) is 152 Å². The number of carbonyl (C=O) groups is 2. The SMILES string of the molecule is Cc1cc(S(=O)(=O)N2CCC(NC(=O)OC(C)(C)C)C2)n(S(=O)(=O)c2ccccc2)c1C(=O)O. The molecule has 11 nitrogen and oxygen atoms in total. The number of aryl methyl sites for hydroxylation is 1. The predicted molar refractivity (Wildman–Crippen MR) is 122 cm³/mol. The zero-order valence-electron chi connectivity index (χ0n) is 19.2. The van der Waals surface area contributed by atoms with Crippen molar-refractivity contribution in [2.24, 2.45) is 0 Å². The lowest BCUT2D eigenvalue weighted by Gasteiger charge is -2.22. The van der Waals surface area contributed by atoms with Crippen LogP contribution in [0.25, 0.3) is 0 Å². The lowest BCUT2D eigenvalue weighted by molar-refractivity contribution is 0.0506. The highest BCUT2D eigenvalue weighted by Crippen LogP contribution is 2.30. The minimum absolute atomic E-state index is 0.000808. The monoisotopic (exact) mass is 513 g/mol. The van der Waals surface area contributed by atoms with Gasteiger partial charge in [-0.05, 0) is 57.9 Å². The lowest BCUT2D eigenvalue weighted by atomic mass is 10.2. The van der Waals surface area contributed by atoms with Crippen molar-refractivity contribution in [1.29, 1.82) is 0 Å². The summed E-state index contributed by atoms with van der Waals surface area (Å²) in [4.78, 5) is 23.7. The predicted octanol–water partition coefficient (Wildman–Crippen LogP) is 2.02. The van der Waals surface area contributed by atoms with E-state index in [-0.39, 0.29) is 30.0 Å². The van der Waals surface area contributed by atoms with E-state index in [0.717, 1.165) is 10.4 Å². The van der Waals surface area contributed by atoms with E-state index in [1.807, 2.05) is 0 Å². The number of amides is 1. The fraction of sp³-hybridized carbons (Fsp3) is 0.429. The Kier molecular flexibility index (Phi) is 6.84. The summed E-state index contributed by atoms with van der Waals surface area (Å²) >= 11 is 0. The summed E-state index contributed by atoms with van der Waals surface area (Å²) < 4.78 is 60.2. The average molecular weight is 514 g/mol. The number of rotatable bonds is 6. The Hall–Kier alpha value is -2.90. The van der Waals surface area contributed by atoms with Crippen LogP contribution >= 0.6 is 0 Å². The molecule has 0 spiro atoms. The van der Waals surface area contributed by atoms with Crippen molar-refractivity contribution in [3.05, 3.63) is 47.7 Å². The molecule has 0 aliphatic carbocycles. The van der Waals surface area contributed by atoms with Crippen LogP contribution in [-0.2, 0) is 24.8 Å². The summed E-state index contributed by atoms with van der Waals surface area (Å²) in [5, 5.41) is 11.6. The highest BCUT2D eigenvalue weighted by Gasteiger charge is 2.40. The highest BCUT2D eigenvalue weighted by molar-refractivity contribution is 7.92. The number of alkyl carbamates (subject to hydrolysis) is 1. The van der Waals surface area contributed by atoms with Crippen molar-refractivity contribution in [1.82, 2.24) is 13.6 Å². The molecule has 1 atom stereocenters. The average Bonchev–Trinajstić information content (AvgIpc) is 3.32. The first-order valence-electron chi connectivity index (χ1n) is 10.4. The van der Waals surface area contributed by atoms with Gasteiger partial charge in [-0.1, -0.05) is 18.2 Å². The van der Waals surface area contributed by atoms with Crippen LogP contribution in [0.15, 0.2) is 46.3 Å². The van der Waals surface area contributed by atoms with Crippen molar-refractivity contribution in [3.63, 3.8) is 0 Å². The maximum atomic E-state index is 13.5. The summed E-state index contributed by atoms with van der Waals surface area (Å²) in [6, 6.07) is 7.47. The van der Waals surface area contributed by atoms with E-state index in [9.17, 15) is 31.5 Å². The Morgan fingerprint density at radius 1 is 1.09 bits per heavy atom. The van der Waals surface area contributed by atoms with Gasteiger partial charge in [0.05, 0.1) is 4.90 Å². The van der Waals surface area contributed by atoms with Gasteiger partial charge in [-0.15, -0.1) is 0 Å². The van der Waals surface area contributed by atoms with E-state index in [1.54, 1.807) is 26.8 Å². The van der Waals surface area contributed by atoms with Gasteiger partial charge in [-0.3, -0.25) is 0 Å². The molecular weight excluding hydrogens is 486 g/mol. The number of hydrogen-bond acceptors (Lipinski definition) is 7. The molecule has 3 rings (SSSR count). The van der Waals surface area contributed by atoms with Gasteiger partial charge < -0.3 is 15.2 Å². The molecule has 1 aliphatic rings. The molecule has 2 N–H and O–H groups in total. The van der Waals surface area contributed by atoms with Crippen LogP contribution in [0, 0.1) is 6.92 Å². The molecule has 1 amide bonds. The van der Waals surface area contributed by atoms with Crippen LogP contribution in [0.3, 0.4) is 0 Å². The van der Waals surface area contributed by atoms with Crippen LogP contribution in [0.4, 0.5) is 4.79 Å². The van der Waals surface area contributed by atoms with Crippen molar-refractivity contribution in [2.45, 2.75) is 55.7 Å². The number of aromatic nitrogens is 1. The smallest absolute Gasteiger partial charge is 0.407 e. The van der Waals surface area contributed by atoms with Gasteiger partial charge in [0.15, 0.2) is 5.03 Å². The number of benzene rings is 1. The molecular formula is C21H27N3O8S2. The molecule has 13 heteroatoms. The molecule has 1 aliphatic heterocycles. The zero-order chi connectivity index (χ0) is 25.5. The van der Waals surface area contributed by atoms with E-state index in [1.165, 1.54) is 31.2 Å². The van der Waals surface area contributed by atoms with E-state index >= 15 is 0 Å². The first kappa shape index (κ1) is 25.7. The first-order chi connectivity index (χ1) is 15.6. The largest absolute Gasteiger partial charge is 0.477 e. The maximum absolute atomic E-state index is 13.5. The summed E-state index contributed by atoms with van der Waals surface area (Å²) in [7, 11) is -8.99. The third-order valence-corrected chi connectivity index (χ3v) is 8.76. The quantitative estimate of drug-likeness (QED) is 0.595. The second-order valence-electron chi connectivity index (χ2n) is 8.90. The molecule has 2 aromatic rings. The number of carbonyl (C=O) groups excluding carboxylic acids is 1. The van der Waals surface area contributed by atoms with Gasteiger partial charge in [0.25, 0.3) is 20.0 Å². The normalized spacial score (nSPS) is 17.5. The van der Waals surface area contributed by atoms with E-state index < -0.39 is 54.5 Å². The molecule has 0 bridgehead atoms. The molecule has 2 heterocycles. The zero-order valence-corrected chi connectivity index (χ0v) is 20.8. The third kappa shape index (κ3) is 5.10. The molecule has 1 aromatic heterocycles. The van der Waals surface area contributed by atoms with Gasteiger partial charge in [0, 0.05) is 19.1 Å². The first-order valence-corrected chi connectivity index (χ1v) is 13.3. The number of carboxylic acid groups (broad SMARTS) is 1. The number of carboxylic acids is 1. The maximum Gasteiger partial charge on any atom is 0.407 e. The minimum atomic E-state index is -4.55. The van der Waals surface area contributed by atoms with Crippen molar-refractivity contribution in [2.75, 3.05) is 13.1 Å². The Labute approximate surface area is 198 Å². The summed E-state index contributed by atoms with van der Waals surface area (Å²) in [6.07, 6.45) is -0.425. The van der Waals surface area contributed by atoms with Crippen LogP contribution < -0.4 is 5.32 Å². The van der Waals surface area contributed by atoms with Gasteiger partial charge >= 0.3 is 12.1 Å². The molecule has 1 unspecified atom stereocenters. The van der Waals surface area contributed by atoms with Crippen molar-refractivity contribution < 1.29 is 36.3 Å². The fourth-order valence-corrected chi connectivity index (χ4v) is 7.28. The Morgan fingerprint density at radius 2 is 1.71 bits per heavy atom. The second kappa shape index (κ2) is 9.04. The molecule has 1 fully saturated rings. The third-order valence-electron chi connectivity index (χ3n) is 5.08. The van der Waals surface area contributed by atoms with E-state index in [2.05, 4.69) is 5.32 Å². The minimum Gasteiger partial charge on any atom is -0.477 e. The van der Waals surface area contributed by atoms with Gasteiger partial charge in [-0.25, -0.2) is 30.4 Å². The van der Waals surface area contributed by atoms with Crippen molar-refractivity contribution >= 4 is 32.1 Å². The summed E-state index contributed by atoms with van der Waals surface area (Å²) in [6.45, 7) is 6.29. The summed E-state index contributed by atoms with van der Waals surface area (Å²) in [5.74, 6) is -1.58. The lowest BCUT2D eigenvalue weighted by Crippen LogP contribution is -2.41. The van der Waals surface area contributed by atoms with Gasteiger partial charge in [0.1, 0.15) is 11.3 Å². The molecule has 0 radical (unpaired) electrons. The van der Waals surface area contributed by atoms with Crippen LogP contribution in [0.2, 0.25) is 0 Å². The molecule has 1 aromatic carbocycles. The number of nitrogens with one attached hydrogen (secondary N) is 1. The van der Waals surface area contributed by atoms with Crippen LogP contribution in [-0.4, -0.2) is 67.0 Å². The Morgan fingerprint density at radius 3 is 2.26 bits per heavy atom. The number of hydrogen-bond donors (Lipinski definition) is 2. The molecule has 34 heavy (non-hydrogen) atoms. The van der Waals surface area contributed by atoms with E-state index in [4.69, 9.17) is 4.74 Å². The van der Waals surface area contributed by atoms with Crippen LogP contribution in [0.1, 0.15) is 43.2 Å². The van der Waals surface area contributed by atoms with Gasteiger partial charge in [0.2, 0.25) is 0 Å². The second-order valence-corrected chi connectivity index (χ2v) is 12.6. The Balaban J connectivity index is 2.00. The highest BCUT2D eigenvalue weighted by atomic mass is 32.2. The summed E-state index contributed by atoms with van der Waals surface area (Å²) in [5.41, 5.74) is -1.41. The van der Waals surface area contributed by atoms with Crippen LogP contribution in [0.5, 0.6) is 0 Å². The fourth-order valence-electron chi connectivity index (χ4n) is 3.62. The molecule has 186 valence electrons. The number of nitrogens with zero attached hydrogens (tertiary/aromatic N) is 2. The standard InChI is InChI=1S/C21H27N3O8S2/c1-14-12-17(24(18(14)19(25)26)33(28,29)16-8-6-5-7-9-16)34(30,31)23-11-10-15(13-23)22-20(27)32-21(2,3)4/h5-9,12,15H,10-11,13H2,1-4H3,(H,22,27)(H,25,26). The Bertz CT molecular complexity index is 1310. The number of aromatic carboxylic acids is 1. The molecule has 0 saturated carbocycles. The molecule has 1 saturated heterocycles. The number of sulfonamides is 1. The van der Waals surface area contributed by atoms with Crippen molar-refractivity contribution in [3.8, 4) is 0 Å².